The summed E-state index contributed by atoms with van der Waals surface area (Å²) in [5, 5.41) is 5.40. The van der Waals surface area contributed by atoms with Crippen molar-refractivity contribution in [3.63, 3.8) is 0 Å². The summed E-state index contributed by atoms with van der Waals surface area (Å²) in [5.74, 6) is 2.48. The van der Waals surface area contributed by atoms with Crippen molar-refractivity contribution < 1.29 is 0 Å². The molecule has 14 heavy (non-hydrogen) atoms. The molecule has 80 valence electrons. The molecule has 2 rings (SSSR count). The first-order valence-corrected chi connectivity index (χ1v) is 7.26. The van der Waals surface area contributed by atoms with Gasteiger partial charge in [0.2, 0.25) is 0 Å². The fourth-order valence-corrected chi connectivity index (χ4v) is 3.93. The van der Waals surface area contributed by atoms with E-state index in [-0.39, 0.29) is 5.54 Å². The molecular formula is C10H18N2S2. The number of hydrogen-bond donors (Lipinski definition) is 1. The van der Waals surface area contributed by atoms with Gasteiger partial charge in [-0.2, -0.15) is 11.8 Å². The van der Waals surface area contributed by atoms with Crippen molar-refractivity contribution in [3.8, 4) is 0 Å². The van der Waals surface area contributed by atoms with Crippen LogP contribution in [0, 0.1) is 0 Å². The van der Waals surface area contributed by atoms with E-state index < -0.39 is 0 Å². The van der Waals surface area contributed by atoms with Crippen LogP contribution in [-0.2, 0) is 0 Å². The van der Waals surface area contributed by atoms with Gasteiger partial charge in [-0.05, 0) is 32.4 Å². The zero-order valence-corrected chi connectivity index (χ0v) is 10.5. The Kier molecular flexibility index (Phi) is 3.32. The van der Waals surface area contributed by atoms with Gasteiger partial charge in [0.1, 0.15) is 0 Å². The molecule has 1 atom stereocenters. The maximum atomic E-state index is 4.65. The first-order chi connectivity index (χ1) is 6.66. The monoisotopic (exact) mass is 230 g/mol. The Morgan fingerprint density at radius 1 is 1.57 bits per heavy atom. The molecule has 0 amide bonds. The zero-order chi connectivity index (χ0) is 10.0. The molecule has 2 heterocycles. The molecular weight excluding hydrogens is 212 g/mol. The third-order valence-electron chi connectivity index (χ3n) is 2.48. The Balaban J connectivity index is 1.81. The Labute approximate surface area is 94.7 Å². The molecule has 2 fully saturated rings. The molecule has 2 aliphatic heterocycles. The fourth-order valence-electron chi connectivity index (χ4n) is 1.67. The van der Waals surface area contributed by atoms with Gasteiger partial charge in [-0.15, -0.1) is 0 Å². The molecule has 1 unspecified atom stereocenters. The molecule has 0 saturated carbocycles. The second-order valence-electron chi connectivity index (χ2n) is 4.58. The van der Waals surface area contributed by atoms with Crippen LogP contribution >= 0.6 is 23.5 Å². The lowest BCUT2D eigenvalue weighted by Gasteiger charge is -2.16. The second kappa shape index (κ2) is 4.35. The van der Waals surface area contributed by atoms with Gasteiger partial charge in [-0.3, -0.25) is 4.99 Å². The number of nitrogens with one attached hydrogen (secondary N) is 1. The van der Waals surface area contributed by atoms with Crippen molar-refractivity contribution in [1.82, 2.24) is 5.32 Å². The maximum absolute atomic E-state index is 4.65. The summed E-state index contributed by atoms with van der Waals surface area (Å²) in [7, 11) is 0. The first kappa shape index (κ1) is 10.7. The van der Waals surface area contributed by atoms with E-state index in [1.54, 1.807) is 0 Å². The van der Waals surface area contributed by atoms with Gasteiger partial charge in [0.05, 0.1) is 6.54 Å². The highest BCUT2D eigenvalue weighted by Gasteiger charge is 2.27. The SMILES string of the molecule is CC1(C)CSC(=NCC2CCCS2)N1. The van der Waals surface area contributed by atoms with Crippen LogP contribution in [0.15, 0.2) is 4.99 Å². The van der Waals surface area contributed by atoms with E-state index >= 15 is 0 Å². The van der Waals surface area contributed by atoms with Crippen LogP contribution in [0.4, 0.5) is 0 Å². The fraction of sp³-hybridized carbons (Fsp3) is 0.900. The molecule has 2 saturated heterocycles. The van der Waals surface area contributed by atoms with Crippen LogP contribution in [-0.4, -0.2) is 34.0 Å². The maximum Gasteiger partial charge on any atom is 0.157 e. The molecule has 0 aromatic carbocycles. The summed E-state index contributed by atoms with van der Waals surface area (Å²) in [6.07, 6.45) is 2.74. The number of nitrogens with zero attached hydrogens (tertiary/aromatic N) is 1. The van der Waals surface area contributed by atoms with E-state index in [0.717, 1.165) is 22.7 Å². The van der Waals surface area contributed by atoms with E-state index in [1.807, 2.05) is 11.8 Å². The molecule has 1 N–H and O–H groups in total. The quantitative estimate of drug-likeness (QED) is 0.788. The van der Waals surface area contributed by atoms with Gasteiger partial charge in [0.25, 0.3) is 0 Å². The van der Waals surface area contributed by atoms with Crippen LogP contribution in [0.2, 0.25) is 0 Å². The molecule has 0 aromatic heterocycles. The summed E-state index contributed by atoms with van der Waals surface area (Å²) in [6, 6.07) is 0. The van der Waals surface area contributed by atoms with Crippen molar-refractivity contribution in [2.45, 2.75) is 37.5 Å². The summed E-state index contributed by atoms with van der Waals surface area (Å²) in [6.45, 7) is 5.47. The van der Waals surface area contributed by atoms with Gasteiger partial charge < -0.3 is 5.32 Å². The molecule has 0 aromatic rings. The normalized spacial score (nSPS) is 33.6. The first-order valence-electron chi connectivity index (χ1n) is 5.23. The van der Waals surface area contributed by atoms with Crippen LogP contribution in [0.3, 0.4) is 0 Å². The third-order valence-corrected chi connectivity index (χ3v) is 5.23. The van der Waals surface area contributed by atoms with Crippen molar-refractivity contribution in [2.24, 2.45) is 4.99 Å². The number of amidine groups is 1. The summed E-state index contributed by atoms with van der Waals surface area (Å²) in [4.78, 5) is 4.65. The van der Waals surface area contributed by atoms with Crippen LogP contribution in [0.25, 0.3) is 0 Å². The lowest BCUT2D eigenvalue weighted by atomic mass is 10.1. The lowest BCUT2D eigenvalue weighted by Crippen LogP contribution is -2.37. The zero-order valence-electron chi connectivity index (χ0n) is 8.88. The summed E-state index contributed by atoms with van der Waals surface area (Å²) in [5.41, 5.74) is 0.242. The average molecular weight is 230 g/mol. The largest absolute Gasteiger partial charge is 0.359 e. The van der Waals surface area contributed by atoms with E-state index in [2.05, 4.69) is 35.9 Å². The van der Waals surface area contributed by atoms with E-state index in [0.29, 0.717) is 0 Å². The van der Waals surface area contributed by atoms with Gasteiger partial charge in [-0.25, -0.2) is 0 Å². The Morgan fingerprint density at radius 2 is 2.43 bits per heavy atom. The number of hydrogen-bond acceptors (Lipinski definition) is 3. The van der Waals surface area contributed by atoms with Crippen molar-refractivity contribution in [3.05, 3.63) is 0 Å². The minimum Gasteiger partial charge on any atom is -0.359 e. The summed E-state index contributed by atoms with van der Waals surface area (Å²) >= 11 is 3.94. The van der Waals surface area contributed by atoms with Gasteiger partial charge in [0, 0.05) is 16.5 Å². The lowest BCUT2D eigenvalue weighted by molar-refractivity contribution is 0.536. The molecule has 2 nitrogen and oxygen atoms in total. The number of rotatable bonds is 2. The molecule has 2 aliphatic rings. The Hall–Kier alpha value is 0.170. The highest BCUT2D eigenvalue weighted by atomic mass is 32.2. The Morgan fingerprint density at radius 3 is 3.00 bits per heavy atom. The number of thioether (sulfide) groups is 2. The predicted octanol–water partition coefficient (Wildman–Crippen LogP) is 2.35. The van der Waals surface area contributed by atoms with E-state index in [1.165, 1.54) is 18.6 Å². The minimum atomic E-state index is 0.242. The van der Waals surface area contributed by atoms with E-state index in [9.17, 15) is 0 Å². The van der Waals surface area contributed by atoms with Crippen LogP contribution < -0.4 is 5.32 Å². The van der Waals surface area contributed by atoms with Gasteiger partial charge in [-0.1, -0.05) is 11.8 Å². The van der Waals surface area contributed by atoms with Crippen LogP contribution in [0.1, 0.15) is 26.7 Å². The smallest absolute Gasteiger partial charge is 0.157 e. The van der Waals surface area contributed by atoms with Gasteiger partial charge >= 0.3 is 0 Å². The van der Waals surface area contributed by atoms with Crippen molar-refractivity contribution in [1.29, 1.82) is 0 Å². The molecule has 0 radical (unpaired) electrons. The topological polar surface area (TPSA) is 24.4 Å². The van der Waals surface area contributed by atoms with Crippen molar-refractivity contribution >= 4 is 28.7 Å². The molecule has 0 spiro atoms. The van der Waals surface area contributed by atoms with E-state index in [4.69, 9.17) is 0 Å². The Bertz CT molecular complexity index is 232. The van der Waals surface area contributed by atoms with Crippen molar-refractivity contribution in [2.75, 3.05) is 18.1 Å². The summed E-state index contributed by atoms with van der Waals surface area (Å²) < 4.78 is 0. The number of aliphatic imine (C=N–C) groups is 1. The highest BCUT2D eigenvalue weighted by Crippen LogP contribution is 2.27. The van der Waals surface area contributed by atoms with Crippen LogP contribution in [0.5, 0.6) is 0 Å². The minimum absolute atomic E-state index is 0.242. The third kappa shape index (κ3) is 2.83. The highest BCUT2D eigenvalue weighted by molar-refractivity contribution is 8.14. The molecule has 4 heteroatoms. The van der Waals surface area contributed by atoms with Gasteiger partial charge in [0.15, 0.2) is 5.17 Å². The predicted molar refractivity (Wildman–Crippen MR) is 67.5 cm³/mol. The molecule has 0 bridgehead atoms. The molecule has 0 aliphatic carbocycles. The average Bonchev–Trinajstić information content (AvgIpc) is 2.70. The second-order valence-corrected chi connectivity index (χ2v) is 6.95. The standard InChI is InChI=1S/C10H18N2S2/c1-10(2)7-14-9(12-10)11-6-8-4-3-5-13-8/h8H,3-7H2,1-2H3,(H,11,12).